The SMILES string of the molecule is CCCCn1c(-c2ccccc2)nc2cc(-c3ccc(-c4ccc5c(-c6ccccc6)c6ccccc6c(-c6ccccc6)c5c4)cc3)ccc21. The zero-order valence-electron chi connectivity index (χ0n) is 28.8. The monoisotopic (exact) mass is 654 g/mol. The Labute approximate surface area is 299 Å². The Bertz CT molecular complexity index is 2640. The van der Waals surface area contributed by atoms with Crippen molar-refractivity contribution in [2.75, 3.05) is 0 Å². The topological polar surface area (TPSA) is 17.8 Å². The summed E-state index contributed by atoms with van der Waals surface area (Å²) in [5.74, 6) is 1.04. The molecule has 0 spiro atoms. The van der Waals surface area contributed by atoms with Crippen molar-refractivity contribution in [3.63, 3.8) is 0 Å². The number of unbranched alkanes of at least 4 members (excludes halogenated alkanes) is 1. The molecule has 0 atom stereocenters. The summed E-state index contributed by atoms with van der Waals surface area (Å²) in [7, 11) is 0. The number of nitrogens with zero attached hydrogens (tertiary/aromatic N) is 2. The lowest BCUT2D eigenvalue weighted by atomic mass is 9.85. The van der Waals surface area contributed by atoms with Gasteiger partial charge in [-0.2, -0.15) is 0 Å². The number of fused-ring (bicyclic) bond motifs is 3. The molecule has 244 valence electrons. The second kappa shape index (κ2) is 13.2. The number of hydrogen-bond donors (Lipinski definition) is 0. The third kappa shape index (κ3) is 5.59. The minimum Gasteiger partial charge on any atom is -0.324 e. The van der Waals surface area contributed by atoms with Crippen molar-refractivity contribution in [1.29, 1.82) is 0 Å². The summed E-state index contributed by atoms with van der Waals surface area (Å²) in [5.41, 5.74) is 13.2. The third-order valence-corrected chi connectivity index (χ3v) is 10.2. The van der Waals surface area contributed by atoms with E-state index in [-0.39, 0.29) is 0 Å². The van der Waals surface area contributed by atoms with Crippen LogP contribution in [0.3, 0.4) is 0 Å². The van der Waals surface area contributed by atoms with Gasteiger partial charge < -0.3 is 4.57 Å². The third-order valence-electron chi connectivity index (χ3n) is 10.2. The fourth-order valence-electron chi connectivity index (χ4n) is 7.70. The van der Waals surface area contributed by atoms with Crippen molar-refractivity contribution in [3.8, 4) is 55.9 Å². The molecule has 0 radical (unpaired) electrons. The van der Waals surface area contributed by atoms with Crippen LogP contribution in [0, 0.1) is 0 Å². The lowest BCUT2D eigenvalue weighted by Crippen LogP contribution is -2.00. The van der Waals surface area contributed by atoms with Gasteiger partial charge in [0.2, 0.25) is 0 Å². The maximum atomic E-state index is 5.16. The lowest BCUT2D eigenvalue weighted by molar-refractivity contribution is 0.651. The number of aryl methyl sites for hydroxylation is 1. The van der Waals surface area contributed by atoms with E-state index in [2.05, 4.69) is 187 Å². The molecule has 1 aromatic heterocycles. The molecule has 2 heteroatoms. The zero-order valence-corrected chi connectivity index (χ0v) is 28.8. The number of rotatable bonds is 8. The molecule has 0 aliphatic rings. The number of benzene rings is 8. The number of imidazole rings is 1. The van der Waals surface area contributed by atoms with Crippen molar-refractivity contribution in [2.24, 2.45) is 0 Å². The first-order valence-electron chi connectivity index (χ1n) is 18.0. The van der Waals surface area contributed by atoms with Crippen LogP contribution in [0.25, 0.3) is 88.5 Å². The normalized spacial score (nSPS) is 11.5. The fraction of sp³-hybridized carbons (Fsp3) is 0.0816. The van der Waals surface area contributed by atoms with E-state index in [1.54, 1.807) is 0 Å². The molecule has 8 aromatic carbocycles. The summed E-state index contributed by atoms with van der Waals surface area (Å²) in [6.07, 6.45) is 2.27. The van der Waals surface area contributed by atoms with Gasteiger partial charge in [-0.15, -0.1) is 0 Å². The van der Waals surface area contributed by atoms with Crippen LogP contribution in [0.15, 0.2) is 176 Å². The molecule has 0 bridgehead atoms. The molecule has 0 unspecified atom stereocenters. The molecule has 0 saturated carbocycles. The summed E-state index contributed by atoms with van der Waals surface area (Å²) >= 11 is 0. The summed E-state index contributed by atoms with van der Waals surface area (Å²) in [4.78, 5) is 5.16. The first kappa shape index (κ1) is 30.8. The van der Waals surface area contributed by atoms with E-state index >= 15 is 0 Å². The minimum atomic E-state index is 0.964. The van der Waals surface area contributed by atoms with Gasteiger partial charge >= 0.3 is 0 Å². The van der Waals surface area contributed by atoms with Crippen molar-refractivity contribution >= 4 is 32.6 Å². The lowest BCUT2D eigenvalue weighted by Gasteiger charge is -2.18. The predicted octanol–water partition coefficient (Wildman–Crippen LogP) is 13.5. The van der Waals surface area contributed by atoms with Crippen molar-refractivity contribution in [1.82, 2.24) is 9.55 Å². The molecule has 0 aliphatic carbocycles. The van der Waals surface area contributed by atoms with Gasteiger partial charge in [-0.1, -0.05) is 171 Å². The van der Waals surface area contributed by atoms with Crippen LogP contribution >= 0.6 is 0 Å². The molecule has 0 saturated heterocycles. The highest BCUT2D eigenvalue weighted by atomic mass is 15.1. The Balaban J connectivity index is 1.15. The second-order valence-electron chi connectivity index (χ2n) is 13.4. The summed E-state index contributed by atoms with van der Waals surface area (Å²) in [6.45, 7) is 3.21. The van der Waals surface area contributed by atoms with E-state index in [1.165, 1.54) is 71.6 Å². The average Bonchev–Trinajstić information content (AvgIpc) is 3.57. The molecular formula is C49H38N2. The highest BCUT2D eigenvalue weighted by molar-refractivity contribution is 6.22. The Kier molecular flexibility index (Phi) is 7.98. The van der Waals surface area contributed by atoms with E-state index in [1.807, 2.05) is 0 Å². The van der Waals surface area contributed by atoms with Crippen LogP contribution in [0.1, 0.15) is 19.8 Å². The van der Waals surface area contributed by atoms with Crippen LogP contribution < -0.4 is 0 Å². The van der Waals surface area contributed by atoms with Gasteiger partial charge in [0.25, 0.3) is 0 Å². The van der Waals surface area contributed by atoms with E-state index < -0.39 is 0 Å². The summed E-state index contributed by atoms with van der Waals surface area (Å²) < 4.78 is 2.39. The zero-order chi connectivity index (χ0) is 34.1. The first-order chi connectivity index (χ1) is 25.3. The van der Waals surface area contributed by atoms with Gasteiger partial charge in [0.05, 0.1) is 11.0 Å². The van der Waals surface area contributed by atoms with Gasteiger partial charge in [0, 0.05) is 12.1 Å². The molecular weight excluding hydrogens is 617 g/mol. The van der Waals surface area contributed by atoms with Gasteiger partial charge in [0.15, 0.2) is 0 Å². The van der Waals surface area contributed by atoms with E-state index in [9.17, 15) is 0 Å². The van der Waals surface area contributed by atoms with Gasteiger partial charge in [-0.3, -0.25) is 0 Å². The van der Waals surface area contributed by atoms with Crippen LogP contribution in [0.4, 0.5) is 0 Å². The number of hydrogen-bond acceptors (Lipinski definition) is 1. The van der Waals surface area contributed by atoms with Crippen LogP contribution in [0.5, 0.6) is 0 Å². The molecule has 51 heavy (non-hydrogen) atoms. The molecule has 0 amide bonds. The Morgan fingerprint density at radius 2 is 0.882 bits per heavy atom. The summed E-state index contributed by atoms with van der Waals surface area (Å²) in [6, 6.07) is 63.8. The summed E-state index contributed by atoms with van der Waals surface area (Å²) in [5, 5.41) is 5.07. The van der Waals surface area contributed by atoms with Crippen molar-refractivity contribution < 1.29 is 0 Å². The highest BCUT2D eigenvalue weighted by Crippen LogP contribution is 2.45. The quantitative estimate of drug-likeness (QED) is 0.149. The van der Waals surface area contributed by atoms with Crippen molar-refractivity contribution in [2.45, 2.75) is 26.3 Å². The standard InChI is InChI=1S/C49H38N2/c1-2-3-31-51-46-30-28-40(33-45(46)50-49(51)38-19-11-6-12-20-38)35-25-23-34(24-26-35)39-27-29-43-44(32-39)48(37-17-9-5-10-18-37)42-22-14-13-21-41(42)47(43)36-15-7-4-8-16-36/h4-30,32-33H,2-3,31H2,1H3. The molecule has 9 aromatic rings. The Morgan fingerprint density at radius 1 is 0.412 bits per heavy atom. The Hall–Kier alpha value is -6.25. The van der Waals surface area contributed by atoms with E-state index in [4.69, 9.17) is 4.98 Å². The molecule has 0 fully saturated rings. The fourth-order valence-corrected chi connectivity index (χ4v) is 7.70. The molecule has 1 heterocycles. The maximum absolute atomic E-state index is 5.16. The Morgan fingerprint density at radius 3 is 1.47 bits per heavy atom. The van der Waals surface area contributed by atoms with Gasteiger partial charge in [-0.05, 0) is 90.7 Å². The smallest absolute Gasteiger partial charge is 0.141 e. The van der Waals surface area contributed by atoms with Crippen LogP contribution in [0.2, 0.25) is 0 Å². The molecule has 2 nitrogen and oxygen atoms in total. The second-order valence-corrected chi connectivity index (χ2v) is 13.4. The van der Waals surface area contributed by atoms with E-state index in [0.717, 1.165) is 36.3 Å². The van der Waals surface area contributed by atoms with Crippen LogP contribution in [-0.4, -0.2) is 9.55 Å². The maximum Gasteiger partial charge on any atom is 0.141 e. The highest BCUT2D eigenvalue weighted by Gasteiger charge is 2.18. The molecule has 0 N–H and O–H groups in total. The molecule has 9 rings (SSSR count). The first-order valence-corrected chi connectivity index (χ1v) is 18.0. The predicted molar refractivity (Wildman–Crippen MR) is 217 cm³/mol. The largest absolute Gasteiger partial charge is 0.324 e. The molecule has 0 aliphatic heterocycles. The number of aromatic nitrogens is 2. The average molecular weight is 655 g/mol. The van der Waals surface area contributed by atoms with Crippen molar-refractivity contribution in [3.05, 3.63) is 176 Å². The van der Waals surface area contributed by atoms with Gasteiger partial charge in [-0.25, -0.2) is 4.98 Å². The van der Waals surface area contributed by atoms with E-state index in [0.29, 0.717) is 0 Å². The van der Waals surface area contributed by atoms with Gasteiger partial charge in [0.1, 0.15) is 5.82 Å². The minimum absolute atomic E-state index is 0.964. The van der Waals surface area contributed by atoms with Crippen LogP contribution in [-0.2, 0) is 6.54 Å².